The minimum Gasteiger partial charge on any atom is -0.388 e. The van der Waals surface area contributed by atoms with E-state index in [9.17, 15) is 15.2 Å². The van der Waals surface area contributed by atoms with Crippen molar-refractivity contribution >= 4 is 22.7 Å². The maximum absolute atomic E-state index is 10.7. The van der Waals surface area contributed by atoms with Crippen molar-refractivity contribution in [3.63, 3.8) is 0 Å². The highest BCUT2D eigenvalue weighted by Crippen LogP contribution is 2.21. The number of aromatic nitrogens is 2. The fourth-order valence-electron chi connectivity index (χ4n) is 2.10. The van der Waals surface area contributed by atoms with Crippen molar-refractivity contribution in [1.82, 2.24) is 9.97 Å². The molecule has 0 saturated heterocycles. The van der Waals surface area contributed by atoms with Crippen molar-refractivity contribution in [2.75, 3.05) is 11.9 Å². The Morgan fingerprint density at radius 1 is 1.55 bits per heavy atom. The molecule has 2 aromatic rings. The summed E-state index contributed by atoms with van der Waals surface area (Å²) in [7, 11) is 0. The molecule has 7 nitrogen and oxygen atoms in total. The summed E-state index contributed by atoms with van der Waals surface area (Å²) < 4.78 is 0. The summed E-state index contributed by atoms with van der Waals surface area (Å²) >= 11 is 0. The standard InChI is InChI=1S/C13H18N4O3/c1-3-6-13(2,18)8-14-12-15-10-5-4-9(17(19)20)7-11(10)16-12/h4-5,7,18H,3,6,8H2,1-2H3,(H2,14,15,16). The van der Waals surface area contributed by atoms with E-state index in [1.807, 2.05) is 6.92 Å². The van der Waals surface area contributed by atoms with Gasteiger partial charge in [0.1, 0.15) is 0 Å². The Hall–Kier alpha value is -2.15. The van der Waals surface area contributed by atoms with Crippen LogP contribution in [0.25, 0.3) is 11.0 Å². The van der Waals surface area contributed by atoms with E-state index < -0.39 is 10.5 Å². The van der Waals surface area contributed by atoms with Crippen molar-refractivity contribution in [3.8, 4) is 0 Å². The van der Waals surface area contributed by atoms with Gasteiger partial charge in [-0.15, -0.1) is 0 Å². The highest BCUT2D eigenvalue weighted by molar-refractivity contribution is 5.79. The van der Waals surface area contributed by atoms with Gasteiger partial charge in [-0.05, 0) is 19.4 Å². The number of nitro groups is 1. The number of aliphatic hydroxyl groups is 1. The molecule has 0 saturated carbocycles. The van der Waals surface area contributed by atoms with Crippen LogP contribution in [0.3, 0.4) is 0 Å². The second-order valence-electron chi connectivity index (χ2n) is 5.14. The van der Waals surface area contributed by atoms with E-state index in [2.05, 4.69) is 15.3 Å². The first-order valence-corrected chi connectivity index (χ1v) is 6.52. The van der Waals surface area contributed by atoms with Crippen LogP contribution >= 0.6 is 0 Å². The van der Waals surface area contributed by atoms with Crippen LogP contribution in [0.4, 0.5) is 11.6 Å². The van der Waals surface area contributed by atoms with Gasteiger partial charge in [0.2, 0.25) is 5.95 Å². The third kappa shape index (κ3) is 3.24. The summed E-state index contributed by atoms with van der Waals surface area (Å²) in [4.78, 5) is 17.5. The number of rotatable bonds is 6. The van der Waals surface area contributed by atoms with Crippen LogP contribution in [-0.4, -0.2) is 32.1 Å². The molecule has 7 heteroatoms. The first-order valence-electron chi connectivity index (χ1n) is 6.52. The summed E-state index contributed by atoms with van der Waals surface area (Å²) in [5.74, 6) is 0.497. The van der Waals surface area contributed by atoms with E-state index in [1.54, 1.807) is 13.0 Å². The number of nitro benzene ring substituents is 1. The van der Waals surface area contributed by atoms with Crippen molar-refractivity contribution in [1.29, 1.82) is 0 Å². The van der Waals surface area contributed by atoms with E-state index in [1.165, 1.54) is 12.1 Å². The van der Waals surface area contributed by atoms with Gasteiger partial charge in [-0.2, -0.15) is 0 Å². The summed E-state index contributed by atoms with van der Waals surface area (Å²) in [5, 5.41) is 23.8. The Kier molecular flexibility index (Phi) is 3.89. The molecular weight excluding hydrogens is 260 g/mol. The molecule has 1 unspecified atom stereocenters. The zero-order valence-corrected chi connectivity index (χ0v) is 11.5. The summed E-state index contributed by atoms with van der Waals surface area (Å²) in [5.41, 5.74) is 0.454. The van der Waals surface area contributed by atoms with Crippen LogP contribution in [0.15, 0.2) is 18.2 Å². The van der Waals surface area contributed by atoms with E-state index in [0.29, 0.717) is 29.9 Å². The van der Waals surface area contributed by atoms with Crippen molar-refractivity contribution in [2.45, 2.75) is 32.3 Å². The van der Waals surface area contributed by atoms with Gasteiger partial charge in [-0.1, -0.05) is 13.3 Å². The number of H-pyrrole nitrogens is 1. The Morgan fingerprint density at radius 3 is 2.95 bits per heavy atom. The summed E-state index contributed by atoms with van der Waals surface area (Å²) in [6, 6.07) is 4.46. The van der Waals surface area contributed by atoms with Crippen molar-refractivity contribution in [3.05, 3.63) is 28.3 Å². The van der Waals surface area contributed by atoms with E-state index >= 15 is 0 Å². The van der Waals surface area contributed by atoms with Crippen LogP contribution < -0.4 is 5.32 Å². The molecule has 0 aliphatic carbocycles. The summed E-state index contributed by atoms with van der Waals surface area (Å²) in [6.45, 7) is 4.13. The lowest BCUT2D eigenvalue weighted by molar-refractivity contribution is -0.384. The fraction of sp³-hybridized carbons (Fsp3) is 0.462. The summed E-state index contributed by atoms with van der Waals surface area (Å²) in [6.07, 6.45) is 1.58. The molecule has 3 N–H and O–H groups in total. The van der Waals surface area contributed by atoms with Crippen LogP contribution in [-0.2, 0) is 0 Å². The molecule has 0 aliphatic rings. The Morgan fingerprint density at radius 2 is 2.30 bits per heavy atom. The number of anilines is 1. The predicted molar refractivity (Wildman–Crippen MR) is 76.8 cm³/mol. The smallest absolute Gasteiger partial charge is 0.271 e. The molecule has 20 heavy (non-hydrogen) atoms. The monoisotopic (exact) mass is 278 g/mol. The van der Waals surface area contributed by atoms with Crippen molar-refractivity contribution < 1.29 is 10.0 Å². The zero-order valence-electron chi connectivity index (χ0n) is 11.5. The largest absolute Gasteiger partial charge is 0.388 e. The predicted octanol–water partition coefficient (Wildman–Crippen LogP) is 2.43. The topological polar surface area (TPSA) is 104 Å². The molecule has 1 aromatic heterocycles. The third-order valence-electron chi connectivity index (χ3n) is 3.10. The minimum absolute atomic E-state index is 0.0191. The first kappa shape index (κ1) is 14.3. The lowest BCUT2D eigenvalue weighted by Crippen LogP contribution is -2.33. The van der Waals surface area contributed by atoms with E-state index in [0.717, 1.165) is 6.42 Å². The lowest BCUT2D eigenvalue weighted by Gasteiger charge is -2.22. The van der Waals surface area contributed by atoms with Gasteiger partial charge < -0.3 is 15.4 Å². The number of nitrogens with zero attached hydrogens (tertiary/aromatic N) is 2. The first-order chi connectivity index (χ1) is 9.41. The molecule has 0 amide bonds. The van der Waals surface area contributed by atoms with Crippen LogP contribution in [0.2, 0.25) is 0 Å². The SMILES string of the molecule is CCCC(C)(O)CNc1nc2ccc([N+](=O)[O-])cc2[nH]1. The lowest BCUT2D eigenvalue weighted by atomic mass is 10.0. The molecule has 1 atom stereocenters. The molecule has 0 spiro atoms. The van der Waals surface area contributed by atoms with Gasteiger partial charge in [0.05, 0.1) is 21.6 Å². The molecule has 2 rings (SSSR count). The number of hydrogen-bond donors (Lipinski definition) is 3. The number of hydrogen-bond acceptors (Lipinski definition) is 5. The highest BCUT2D eigenvalue weighted by Gasteiger charge is 2.19. The second-order valence-corrected chi connectivity index (χ2v) is 5.14. The highest BCUT2D eigenvalue weighted by atomic mass is 16.6. The molecule has 1 heterocycles. The number of fused-ring (bicyclic) bond motifs is 1. The van der Waals surface area contributed by atoms with Gasteiger partial charge >= 0.3 is 0 Å². The Labute approximate surface area is 116 Å². The number of aromatic amines is 1. The van der Waals surface area contributed by atoms with Gasteiger partial charge in [-0.3, -0.25) is 10.1 Å². The normalized spacial score (nSPS) is 14.2. The average Bonchev–Trinajstić information content (AvgIpc) is 2.78. The van der Waals surface area contributed by atoms with Gasteiger partial charge in [0, 0.05) is 18.7 Å². The third-order valence-corrected chi connectivity index (χ3v) is 3.10. The van der Waals surface area contributed by atoms with Gasteiger partial charge in [0.15, 0.2) is 0 Å². The van der Waals surface area contributed by atoms with Crippen LogP contribution in [0.5, 0.6) is 0 Å². The number of nitrogens with one attached hydrogen (secondary N) is 2. The van der Waals surface area contributed by atoms with E-state index in [4.69, 9.17) is 0 Å². The van der Waals surface area contributed by atoms with Crippen LogP contribution in [0, 0.1) is 10.1 Å². The molecule has 0 fully saturated rings. The maximum Gasteiger partial charge on any atom is 0.271 e. The van der Waals surface area contributed by atoms with Gasteiger partial charge in [0.25, 0.3) is 5.69 Å². The molecule has 0 bridgehead atoms. The Bertz CT molecular complexity index is 621. The molecular formula is C13H18N4O3. The quantitative estimate of drug-likeness (QED) is 0.556. The van der Waals surface area contributed by atoms with Crippen molar-refractivity contribution in [2.24, 2.45) is 0 Å². The Balaban J connectivity index is 2.14. The number of imidazole rings is 1. The molecule has 1 aromatic carbocycles. The molecule has 0 aliphatic heterocycles. The van der Waals surface area contributed by atoms with Crippen LogP contribution in [0.1, 0.15) is 26.7 Å². The molecule has 0 radical (unpaired) electrons. The zero-order chi connectivity index (χ0) is 14.8. The second kappa shape index (κ2) is 5.46. The molecule has 108 valence electrons. The number of benzene rings is 1. The van der Waals surface area contributed by atoms with Gasteiger partial charge in [-0.25, -0.2) is 4.98 Å². The fourth-order valence-corrected chi connectivity index (χ4v) is 2.10. The maximum atomic E-state index is 10.7. The average molecular weight is 278 g/mol. The minimum atomic E-state index is -0.806. The number of non-ortho nitro benzene ring substituents is 1. The van der Waals surface area contributed by atoms with E-state index in [-0.39, 0.29) is 5.69 Å².